The van der Waals surface area contributed by atoms with E-state index in [1.807, 2.05) is 0 Å². The Morgan fingerprint density at radius 3 is 2.21 bits per heavy atom. The molecule has 1 aromatic carbocycles. The van der Waals surface area contributed by atoms with Crippen molar-refractivity contribution in [2.24, 2.45) is 7.05 Å². The van der Waals surface area contributed by atoms with Gasteiger partial charge in [-0.1, -0.05) is 13.0 Å². The number of aromatic nitrogens is 2. The van der Waals surface area contributed by atoms with Crippen LogP contribution in [-0.4, -0.2) is 37.4 Å². The molecule has 0 aliphatic rings. The molecule has 0 saturated heterocycles. The Kier molecular flexibility index (Phi) is 5.99. The van der Waals surface area contributed by atoms with E-state index in [9.17, 15) is 39.4 Å². The second-order valence-electron chi connectivity index (χ2n) is 6.29. The van der Waals surface area contributed by atoms with Crippen molar-refractivity contribution >= 4 is 20.0 Å². The van der Waals surface area contributed by atoms with Gasteiger partial charge < -0.3 is 0 Å². The molecule has 2 aromatic rings. The number of hydrogen-bond donors (Lipinski definition) is 1. The topological polar surface area (TPSA) is 123 Å². The Morgan fingerprint density at radius 2 is 1.76 bits per heavy atom. The predicted octanol–water partition coefficient (Wildman–Crippen LogP) is 2.21. The molecule has 1 N–H and O–H groups in total. The summed E-state index contributed by atoms with van der Waals surface area (Å²) in [6.45, 7) is 1.37. The first-order chi connectivity index (χ1) is 13.1. The molecule has 0 aliphatic carbocycles. The number of halogens is 3. The van der Waals surface area contributed by atoms with E-state index in [1.54, 1.807) is 0 Å². The summed E-state index contributed by atoms with van der Waals surface area (Å²) in [6.07, 6.45) is -3.42. The van der Waals surface area contributed by atoms with Gasteiger partial charge in [-0.2, -0.15) is 26.7 Å². The standard InChI is InChI=1S/C16H17F3N2O6S2/c1-4-12(29(25,26)27)14-11(8-20-21(2)15(14)22)10-6-5-9(16(17,18)19)7-13(10)28(3,23)24/h5-8,12H,4H2,1-3H3,(H,25,26,27). The van der Waals surface area contributed by atoms with Crippen LogP contribution in [0.1, 0.15) is 29.7 Å². The van der Waals surface area contributed by atoms with Gasteiger partial charge in [-0.15, -0.1) is 0 Å². The van der Waals surface area contributed by atoms with Crippen LogP contribution in [0.15, 0.2) is 34.1 Å². The normalized spacial score (nSPS) is 14.0. The van der Waals surface area contributed by atoms with Gasteiger partial charge in [0.25, 0.3) is 15.7 Å². The minimum absolute atomic E-state index is 0.250. The summed E-state index contributed by atoms with van der Waals surface area (Å²) < 4.78 is 97.4. The lowest BCUT2D eigenvalue weighted by atomic mass is 9.98. The number of sulfone groups is 1. The fraction of sp³-hybridized carbons (Fsp3) is 0.375. The highest BCUT2D eigenvalue weighted by Gasteiger charge is 2.34. The molecule has 0 bridgehead atoms. The average Bonchev–Trinajstić information content (AvgIpc) is 2.56. The van der Waals surface area contributed by atoms with Crippen molar-refractivity contribution in [2.45, 2.75) is 29.7 Å². The number of benzene rings is 1. The molecular weight excluding hydrogens is 437 g/mol. The van der Waals surface area contributed by atoms with Gasteiger partial charge >= 0.3 is 6.18 Å². The smallest absolute Gasteiger partial charge is 0.285 e. The number of hydrogen-bond acceptors (Lipinski definition) is 6. The zero-order valence-corrected chi connectivity index (χ0v) is 17.1. The van der Waals surface area contributed by atoms with Gasteiger partial charge in [0, 0.05) is 30.0 Å². The van der Waals surface area contributed by atoms with Crippen LogP contribution in [0.4, 0.5) is 13.2 Å². The molecule has 0 aliphatic heterocycles. The molecule has 0 saturated carbocycles. The summed E-state index contributed by atoms with van der Waals surface area (Å²) in [7, 11) is -7.80. The van der Waals surface area contributed by atoms with Gasteiger partial charge in [-0.25, -0.2) is 13.1 Å². The molecule has 8 nitrogen and oxygen atoms in total. The van der Waals surface area contributed by atoms with Crippen LogP contribution in [0.3, 0.4) is 0 Å². The summed E-state index contributed by atoms with van der Waals surface area (Å²) in [5.74, 6) is 0. The first kappa shape index (κ1) is 23.0. The fourth-order valence-corrected chi connectivity index (χ4v) is 4.74. The van der Waals surface area contributed by atoms with E-state index in [1.165, 1.54) is 14.0 Å². The highest BCUT2D eigenvalue weighted by molar-refractivity contribution is 7.90. The summed E-state index contributed by atoms with van der Waals surface area (Å²) in [6, 6.07) is 1.84. The molecule has 0 amide bonds. The van der Waals surface area contributed by atoms with Crippen LogP contribution in [0, 0.1) is 0 Å². The molecule has 1 heterocycles. The van der Waals surface area contributed by atoms with Crippen LogP contribution < -0.4 is 5.56 Å². The van der Waals surface area contributed by atoms with Crippen molar-refractivity contribution in [2.75, 3.05) is 6.26 Å². The Bertz CT molecular complexity index is 1220. The maximum absolute atomic E-state index is 13.1. The number of alkyl halides is 3. The summed E-state index contributed by atoms with van der Waals surface area (Å²) >= 11 is 0. The zero-order valence-electron chi connectivity index (χ0n) is 15.4. The molecule has 160 valence electrons. The molecule has 1 aromatic heterocycles. The van der Waals surface area contributed by atoms with Crippen molar-refractivity contribution in [3.8, 4) is 11.1 Å². The van der Waals surface area contributed by atoms with E-state index >= 15 is 0 Å². The minimum Gasteiger partial charge on any atom is -0.285 e. The number of rotatable bonds is 5. The van der Waals surface area contributed by atoms with Crippen LogP contribution in [0.25, 0.3) is 11.1 Å². The molecule has 1 unspecified atom stereocenters. The molecular formula is C16H17F3N2O6S2. The van der Waals surface area contributed by atoms with E-state index in [0.717, 1.165) is 16.9 Å². The lowest BCUT2D eigenvalue weighted by molar-refractivity contribution is -0.137. The lowest BCUT2D eigenvalue weighted by Crippen LogP contribution is -2.29. The van der Waals surface area contributed by atoms with E-state index < -0.39 is 53.0 Å². The first-order valence-electron chi connectivity index (χ1n) is 8.03. The SMILES string of the molecule is CCC(c1c(-c2ccc(C(F)(F)F)cc2S(C)(=O)=O)cnn(C)c1=O)S(=O)(=O)O. The number of nitrogens with zero attached hydrogens (tertiary/aromatic N) is 2. The molecule has 0 radical (unpaired) electrons. The van der Waals surface area contributed by atoms with Gasteiger partial charge in [-0.3, -0.25) is 9.35 Å². The van der Waals surface area contributed by atoms with Gasteiger partial charge in [0.05, 0.1) is 16.7 Å². The molecule has 0 spiro atoms. The Balaban J connectivity index is 3.00. The van der Waals surface area contributed by atoms with E-state index in [2.05, 4.69) is 5.10 Å². The average molecular weight is 454 g/mol. The van der Waals surface area contributed by atoms with Crippen molar-refractivity contribution in [3.63, 3.8) is 0 Å². The third-order valence-corrected chi connectivity index (χ3v) is 6.65. The van der Waals surface area contributed by atoms with Crippen molar-refractivity contribution in [3.05, 3.63) is 45.9 Å². The predicted molar refractivity (Wildman–Crippen MR) is 97.6 cm³/mol. The van der Waals surface area contributed by atoms with Gasteiger partial charge in [-0.05, 0) is 18.6 Å². The Labute approximate surface area is 164 Å². The fourth-order valence-electron chi connectivity index (χ4n) is 2.87. The van der Waals surface area contributed by atoms with Gasteiger partial charge in [0.2, 0.25) is 0 Å². The lowest BCUT2D eigenvalue weighted by Gasteiger charge is -2.19. The third kappa shape index (κ3) is 4.67. The molecule has 29 heavy (non-hydrogen) atoms. The summed E-state index contributed by atoms with van der Waals surface area (Å²) in [5.41, 5.74) is -3.29. The quantitative estimate of drug-likeness (QED) is 0.687. The summed E-state index contributed by atoms with van der Waals surface area (Å²) in [5, 5.41) is 1.99. The minimum atomic E-state index is -4.83. The second-order valence-corrected chi connectivity index (χ2v) is 9.88. The Morgan fingerprint density at radius 1 is 1.17 bits per heavy atom. The summed E-state index contributed by atoms with van der Waals surface area (Å²) in [4.78, 5) is 11.8. The number of aryl methyl sites for hydroxylation is 1. The monoisotopic (exact) mass is 454 g/mol. The van der Waals surface area contributed by atoms with Crippen LogP contribution >= 0.6 is 0 Å². The van der Waals surface area contributed by atoms with E-state index in [-0.39, 0.29) is 17.5 Å². The van der Waals surface area contributed by atoms with Crippen molar-refractivity contribution in [1.82, 2.24) is 9.78 Å². The molecule has 13 heteroatoms. The van der Waals surface area contributed by atoms with Crippen LogP contribution in [-0.2, 0) is 33.2 Å². The van der Waals surface area contributed by atoms with Crippen LogP contribution in [0.2, 0.25) is 0 Å². The maximum Gasteiger partial charge on any atom is 0.416 e. The van der Waals surface area contributed by atoms with Crippen LogP contribution in [0.5, 0.6) is 0 Å². The van der Waals surface area contributed by atoms with Crippen molar-refractivity contribution in [1.29, 1.82) is 0 Å². The van der Waals surface area contributed by atoms with Gasteiger partial charge in [0.1, 0.15) is 5.25 Å². The highest BCUT2D eigenvalue weighted by Crippen LogP contribution is 2.38. The molecule has 1 atom stereocenters. The zero-order chi connectivity index (χ0) is 22.4. The first-order valence-corrected chi connectivity index (χ1v) is 11.4. The Hall–Kier alpha value is -2.25. The third-order valence-electron chi connectivity index (χ3n) is 4.23. The van der Waals surface area contributed by atoms with E-state index in [4.69, 9.17) is 0 Å². The second kappa shape index (κ2) is 7.54. The largest absolute Gasteiger partial charge is 0.416 e. The molecule has 2 rings (SSSR count). The van der Waals surface area contributed by atoms with Gasteiger partial charge in [0.15, 0.2) is 9.84 Å². The molecule has 0 fully saturated rings. The van der Waals surface area contributed by atoms with Crippen molar-refractivity contribution < 1.29 is 34.6 Å². The maximum atomic E-state index is 13.1. The highest BCUT2D eigenvalue weighted by atomic mass is 32.2. The van der Waals surface area contributed by atoms with E-state index in [0.29, 0.717) is 18.4 Å².